The molecule has 0 amide bonds. The maximum absolute atomic E-state index is 9.00. The highest BCUT2D eigenvalue weighted by Crippen LogP contribution is 2.04. The number of unbranched alkanes of at least 4 members (excludes halogenated alkanes) is 5. The molecule has 0 fully saturated rings. The van der Waals surface area contributed by atoms with Gasteiger partial charge in [-0.2, -0.15) is 0 Å². The normalized spacial score (nSPS) is 10.7. The summed E-state index contributed by atoms with van der Waals surface area (Å²) in [6.07, 6.45) is 8.45. The molecular weight excluding hydrogens is 212 g/mol. The quantitative estimate of drug-likeness (QED) is 0.419. The Kier molecular flexibility index (Phi) is 13.0. The van der Waals surface area contributed by atoms with Crippen LogP contribution in [0.2, 0.25) is 0 Å². The molecule has 0 heterocycles. The van der Waals surface area contributed by atoms with Crippen LogP contribution >= 0.6 is 0 Å². The number of aliphatic hydroxyl groups excluding tert-OH is 1. The van der Waals surface area contributed by atoms with Crippen molar-refractivity contribution in [1.82, 2.24) is 4.90 Å². The second-order valence-corrected chi connectivity index (χ2v) is 4.57. The van der Waals surface area contributed by atoms with Crippen LogP contribution in [0.1, 0.15) is 51.9 Å². The molecule has 0 unspecified atom stereocenters. The predicted molar refractivity (Wildman–Crippen MR) is 73.0 cm³/mol. The summed E-state index contributed by atoms with van der Waals surface area (Å²) in [5.74, 6) is 0. The molecule has 0 aromatic carbocycles. The van der Waals surface area contributed by atoms with E-state index in [9.17, 15) is 0 Å². The van der Waals surface area contributed by atoms with E-state index in [1.807, 2.05) is 0 Å². The Hall–Kier alpha value is -0.590. The zero-order chi connectivity index (χ0) is 12.8. The molecular formula is C14H28N2O. The number of rotatable bonds is 12. The lowest BCUT2D eigenvalue weighted by molar-refractivity contribution is 0.190. The molecule has 0 rings (SSSR count). The molecule has 100 valence electrons. The molecule has 3 nitrogen and oxygen atoms in total. The van der Waals surface area contributed by atoms with Gasteiger partial charge in [0.15, 0.2) is 0 Å². The number of aliphatic hydroxyl groups is 1. The summed E-state index contributed by atoms with van der Waals surface area (Å²) in [6.45, 7) is 12.8. The minimum absolute atomic E-state index is 0.260. The SMILES string of the molecule is [C-]#[N+]CCCCCN(CCO)CCCCCC. The molecule has 0 spiro atoms. The van der Waals surface area contributed by atoms with Gasteiger partial charge in [0, 0.05) is 13.0 Å². The topological polar surface area (TPSA) is 27.8 Å². The van der Waals surface area contributed by atoms with E-state index in [1.165, 1.54) is 25.7 Å². The fourth-order valence-corrected chi connectivity index (χ4v) is 1.94. The Morgan fingerprint density at radius 3 is 2.12 bits per heavy atom. The van der Waals surface area contributed by atoms with Crippen molar-refractivity contribution in [2.24, 2.45) is 0 Å². The average Bonchev–Trinajstić information content (AvgIpc) is 2.34. The molecule has 0 aromatic rings. The lowest BCUT2D eigenvalue weighted by Crippen LogP contribution is -2.29. The first-order valence-electron chi connectivity index (χ1n) is 7.01. The third-order valence-electron chi connectivity index (χ3n) is 2.99. The van der Waals surface area contributed by atoms with Gasteiger partial charge in [0.25, 0.3) is 0 Å². The number of hydrogen-bond acceptors (Lipinski definition) is 2. The summed E-state index contributed by atoms with van der Waals surface area (Å²) < 4.78 is 0. The standard InChI is InChI=1S/C14H28N2O/c1-3-4-5-8-11-16(13-14-17)12-9-6-7-10-15-2/h17H,3-14H2,1H3. The van der Waals surface area contributed by atoms with Crippen molar-refractivity contribution >= 4 is 0 Å². The molecule has 1 N–H and O–H groups in total. The average molecular weight is 240 g/mol. The van der Waals surface area contributed by atoms with Gasteiger partial charge in [0.2, 0.25) is 6.54 Å². The lowest BCUT2D eigenvalue weighted by atomic mass is 10.2. The van der Waals surface area contributed by atoms with Crippen LogP contribution < -0.4 is 0 Å². The second-order valence-electron chi connectivity index (χ2n) is 4.57. The molecule has 0 radical (unpaired) electrons. The van der Waals surface area contributed by atoms with Crippen molar-refractivity contribution in [2.75, 3.05) is 32.8 Å². The molecule has 0 saturated carbocycles. The van der Waals surface area contributed by atoms with Crippen LogP contribution in [0.5, 0.6) is 0 Å². The highest BCUT2D eigenvalue weighted by Gasteiger charge is 2.03. The summed E-state index contributed by atoms with van der Waals surface area (Å²) in [5.41, 5.74) is 0. The minimum atomic E-state index is 0.260. The Morgan fingerprint density at radius 2 is 1.59 bits per heavy atom. The predicted octanol–water partition coefficient (Wildman–Crippen LogP) is 2.95. The largest absolute Gasteiger partial charge is 0.395 e. The van der Waals surface area contributed by atoms with Crippen molar-refractivity contribution < 1.29 is 5.11 Å². The first-order chi connectivity index (χ1) is 8.35. The van der Waals surface area contributed by atoms with Gasteiger partial charge in [0.1, 0.15) is 0 Å². The zero-order valence-electron chi connectivity index (χ0n) is 11.3. The van der Waals surface area contributed by atoms with E-state index in [0.29, 0.717) is 6.54 Å². The van der Waals surface area contributed by atoms with Crippen molar-refractivity contribution in [2.45, 2.75) is 51.9 Å². The fourth-order valence-electron chi connectivity index (χ4n) is 1.94. The van der Waals surface area contributed by atoms with E-state index in [2.05, 4.69) is 16.7 Å². The summed E-state index contributed by atoms with van der Waals surface area (Å²) >= 11 is 0. The zero-order valence-corrected chi connectivity index (χ0v) is 11.3. The van der Waals surface area contributed by atoms with Crippen molar-refractivity contribution in [3.63, 3.8) is 0 Å². The van der Waals surface area contributed by atoms with Gasteiger partial charge in [-0.1, -0.05) is 26.2 Å². The van der Waals surface area contributed by atoms with Crippen molar-refractivity contribution in [3.05, 3.63) is 11.4 Å². The molecule has 0 bridgehead atoms. The summed E-state index contributed by atoms with van der Waals surface area (Å²) in [7, 11) is 0. The highest BCUT2D eigenvalue weighted by molar-refractivity contribution is 4.61. The van der Waals surface area contributed by atoms with Crippen LogP contribution in [0.15, 0.2) is 0 Å². The summed E-state index contributed by atoms with van der Waals surface area (Å²) in [4.78, 5) is 5.71. The van der Waals surface area contributed by atoms with E-state index < -0.39 is 0 Å². The van der Waals surface area contributed by atoms with E-state index in [1.54, 1.807) is 0 Å². The van der Waals surface area contributed by atoms with Crippen LogP contribution in [0.3, 0.4) is 0 Å². The van der Waals surface area contributed by atoms with Gasteiger partial charge in [0.05, 0.1) is 6.61 Å². The van der Waals surface area contributed by atoms with E-state index in [-0.39, 0.29) is 6.61 Å². The van der Waals surface area contributed by atoms with Crippen LogP contribution in [0.25, 0.3) is 4.85 Å². The molecule has 17 heavy (non-hydrogen) atoms. The van der Waals surface area contributed by atoms with E-state index in [0.717, 1.165) is 38.9 Å². The van der Waals surface area contributed by atoms with Crippen molar-refractivity contribution in [1.29, 1.82) is 0 Å². The van der Waals surface area contributed by atoms with Crippen LogP contribution in [0, 0.1) is 6.57 Å². The Labute approximate surface area is 107 Å². The van der Waals surface area contributed by atoms with Gasteiger partial charge in [-0.25, -0.2) is 6.57 Å². The molecule has 0 atom stereocenters. The third kappa shape index (κ3) is 11.7. The smallest absolute Gasteiger partial charge is 0.214 e. The van der Waals surface area contributed by atoms with Crippen LogP contribution in [-0.2, 0) is 0 Å². The monoisotopic (exact) mass is 240 g/mol. The molecule has 3 heteroatoms. The van der Waals surface area contributed by atoms with Gasteiger partial charge >= 0.3 is 0 Å². The van der Waals surface area contributed by atoms with Gasteiger partial charge in [-0.3, -0.25) is 0 Å². The Bertz CT molecular complexity index is 189. The van der Waals surface area contributed by atoms with Gasteiger partial charge in [-0.15, -0.1) is 0 Å². The van der Waals surface area contributed by atoms with Crippen LogP contribution in [-0.4, -0.2) is 42.8 Å². The third-order valence-corrected chi connectivity index (χ3v) is 2.99. The molecule has 0 saturated heterocycles. The number of nitrogens with zero attached hydrogens (tertiary/aromatic N) is 2. The maximum atomic E-state index is 9.00. The van der Waals surface area contributed by atoms with E-state index in [4.69, 9.17) is 11.7 Å². The second kappa shape index (κ2) is 13.5. The highest BCUT2D eigenvalue weighted by atomic mass is 16.3. The molecule has 0 aromatic heterocycles. The maximum Gasteiger partial charge on any atom is 0.214 e. The first-order valence-corrected chi connectivity index (χ1v) is 7.01. The van der Waals surface area contributed by atoms with Crippen LogP contribution in [0.4, 0.5) is 0 Å². The van der Waals surface area contributed by atoms with Crippen molar-refractivity contribution in [3.8, 4) is 0 Å². The van der Waals surface area contributed by atoms with Gasteiger partial charge < -0.3 is 14.9 Å². The fraction of sp³-hybridized carbons (Fsp3) is 0.929. The first kappa shape index (κ1) is 16.4. The molecule has 0 aliphatic carbocycles. The molecule has 0 aliphatic rings. The summed E-state index contributed by atoms with van der Waals surface area (Å²) in [6, 6.07) is 0. The number of hydrogen-bond donors (Lipinski definition) is 1. The Morgan fingerprint density at radius 1 is 0.941 bits per heavy atom. The molecule has 0 aliphatic heterocycles. The Balaban J connectivity index is 3.49. The summed E-state index contributed by atoms with van der Waals surface area (Å²) in [5, 5.41) is 9.00. The van der Waals surface area contributed by atoms with Gasteiger partial charge in [-0.05, 0) is 32.4 Å². The lowest BCUT2D eigenvalue weighted by Gasteiger charge is -2.20. The minimum Gasteiger partial charge on any atom is -0.395 e. The van der Waals surface area contributed by atoms with E-state index >= 15 is 0 Å².